The normalized spacial score (nSPS) is 20.4. The van der Waals surface area contributed by atoms with Gasteiger partial charge in [0.05, 0.1) is 4.88 Å². The topological polar surface area (TPSA) is 49.4 Å². The molecule has 1 saturated heterocycles. The van der Waals surface area contributed by atoms with Crippen LogP contribution in [0.1, 0.15) is 66.1 Å². The maximum Gasteiger partial charge on any atom is 0.263 e. The third kappa shape index (κ3) is 4.63. The van der Waals surface area contributed by atoms with Crippen molar-refractivity contribution in [2.75, 3.05) is 19.6 Å². The Hall–Kier alpha value is -1.36. The molecule has 25 heavy (non-hydrogen) atoms. The SMILES string of the molecule is CC(C)CCNC(=O)C1CCc2sc(C(=O)N3CCCCC3)cc2C1. The number of piperidine rings is 1. The Morgan fingerprint density at radius 3 is 2.76 bits per heavy atom. The van der Waals surface area contributed by atoms with Gasteiger partial charge in [-0.05, 0) is 62.5 Å². The van der Waals surface area contributed by atoms with Crippen molar-refractivity contribution < 1.29 is 9.59 Å². The summed E-state index contributed by atoms with van der Waals surface area (Å²) < 4.78 is 0. The molecule has 1 unspecified atom stereocenters. The first kappa shape index (κ1) is 18.4. The summed E-state index contributed by atoms with van der Waals surface area (Å²) in [5.74, 6) is 1.05. The van der Waals surface area contributed by atoms with Gasteiger partial charge in [0, 0.05) is 30.4 Å². The van der Waals surface area contributed by atoms with E-state index in [9.17, 15) is 9.59 Å². The second kappa shape index (κ2) is 8.35. The molecule has 1 atom stereocenters. The summed E-state index contributed by atoms with van der Waals surface area (Å²) in [6, 6.07) is 2.06. The van der Waals surface area contributed by atoms with E-state index >= 15 is 0 Å². The highest BCUT2D eigenvalue weighted by Gasteiger charge is 2.28. The summed E-state index contributed by atoms with van der Waals surface area (Å²) in [6.07, 6.45) is 7.11. The van der Waals surface area contributed by atoms with E-state index in [0.29, 0.717) is 5.92 Å². The fraction of sp³-hybridized carbons (Fsp3) is 0.700. The first-order valence-electron chi connectivity index (χ1n) is 9.73. The molecule has 2 amide bonds. The van der Waals surface area contributed by atoms with Crippen molar-refractivity contribution in [3.05, 3.63) is 21.4 Å². The van der Waals surface area contributed by atoms with Crippen LogP contribution in [0.5, 0.6) is 0 Å². The van der Waals surface area contributed by atoms with Gasteiger partial charge in [-0.15, -0.1) is 11.3 Å². The standard InChI is InChI=1S/C20H30N2O2S/c1-14(2)8-9-21-19(23)15-6-7-17-16(12-15)13-18(25-17)20(24)22-10-4-3-5-11-22/h13-15H,3-12H2,1-2H3,(H,21,23). The third-order valence-electron chi connectivity index (χ3n) is 5.33. The molecule has 1 aromatic heterocycles. The van der Waals surface area contributed by atoms with E-state index in [-0.39, 0.29) is 17.7 Å². The van der Waals surface area contributed by atoms with Gasteiger partial charge in [0.15, 0.2) is 0 Å². The maximum atomic E-state index is 12.7. The largest absolute Gasteiger partial charge is 0.356 e. The Morgan fingerprint density at radius 2 is 2.04 bits per heavy atom. The van der Waals surface area contributed by atoms with Gasteiger partial charge in [-0.3, -0.25) is 9.59 Å². The molecule has 138 valence electrons. The number of nitrogens with zero attached hydrogens (tertiary/aromatic N) is 1. The van der Waals surface area contributed by atoms with Gasteiger partial charge in [-0.25, -0.2) is 0 Å². The van der Waals surface area contributed by atoms with Gasteiger partial charge >= 0.3 is 0 Å². The van der Waals surface area contributed by atoms with E-state index in [4.69, 9.17) is 0 Å². The summed E-state index contributed by atoms with van der Waals surface area (Å²) in [7, 11) is 0. The third-order valence-corrected chi connectivity index (χ3v) is 6.55. The van der Waals surface area contributed by atoms with E-state index in [2.05, 4.69) is 25.2 Å². The zero-order valence-corrected chi connectivity index (χ0v) is 16.3. The fourth-order valence-corrected chi connectivity index (χ4v) is 4.91. The Kier molecular flexibility index (Phi) is 6.15. The van der Waals surface area contributed by atoms with E-state index < -0.39 is 0 Å². The van der Waals surface area contributed by atoms with Crippen LogP contribution in [0.25, 0.3) is 0 Å². The summed E-state index contributed by atoms with van der Waals surface area (Å²) in [4.78, 5) is 29.3. The fourth-order valence-electron chi connectivity index (χ4n) is 3.73. The van der Waals surface area contributed by atoms with Crippen LogP contribution in [0, 0.1) is 11.8 Å². The quantitative estimate of drug-likeness (QED) is 0.869. The van der Waals surface area contributed by atoms with Crippen LogP contribution in [0.4, 0.5) is 0 Å². The van der Waals surface area contributed by atoms with Gasteiger partial charge in [0.2, 0.25) is 5.91 Å². The van der Waals surface area contributed by atoms with E-state index in [1.54, 1.807) is 11.3 Å². The summed E-state index contributed by atoms with van der Waals surface area (Å²) in [5, 5.41) is 3.09. The van der Waals surface area contributed by atoms with E-state index in [0.717, 1.165) is 63.0 Å². The molecule has 1 aliphatic heterocycles. The van der Waals surface area contributed by atoms with Crippen LogP contribution in [-0.2, 0) is 17.6 Å². The van der Waals surface area contributed by atoms with Gasteiger partial charge in [-0.1, -0.05) is 13.8 Å². The van der Waals surface area contributed by atoms with Crippen LogP contribution in [0.2, 0.25) is 0 Å². The molecule has 2 heterocycles. The predicted octanol–water partition coefficient (Wildman–Crippen LogP) is 3.64. The Bertz CT molecular complexity index is 617. The van der Waals surface area contributed by atoms with Crippen LogP contribution < -0.4 is 5.32 Å². The summed E-state index contributed by atoms with van der Waals surface area (Å²) >= 11 is 1.65. The van der Waals surface area contributed by atoms with Crippen molar-refractivity contribution in [1.29, 1.82) is 0 Å². The predicted molar refractivity (Wildman–Crippen MR) is 102 cm³/mol. The van der Waals surface area contributed by atoms with Gasteiger partial charge in [0.1, 0.15) is 0 Å². The zero-order chi connectivity index (χ0) is 17.8. The van der Waals surface area contributed by atoms with Crippen molar-refractivity contribution >= 4 is 23.2 Å². The highest BCUT2D eigenvalue weighted by atomic mass is 32.1. The Balaban J connectivity index is 1.59. The molecular weight excluding hydrogens is 332 g/mol. The number of rotatable bonds is 5. The molecular formula is C20H30N2O2S. The van der Waals surface area contributed by atoms with Crippen molar-refractivity contribution in [2.24, 2.45) is 11.8 Å². The minimum atomic E-state index is 0.0622. The lowest BCUT2D eigenvalue weighted by Gasteiger charge is -2.26. The van der Waals surface area contributed by atoms with Crippen LogP contribution in [0.15, 0.2) is 6.07 Å². The Morgan fingerprint density at radius 1 is 1.28 bits per heavy atom. The smallest absolute Gasteiger partial charge is 0.263 e. The number of hydrogen-bond donors (Lipinski definition) is 1. The first-order chi connectivity index (χ1) is 12.0. The monoisotopic (exact) mass is 362 g/mol. The minimum Gasteiger partial charge on any atom is -0.356 e. The van der Waals surface area contributed by atoms with Crippen LogP contribution in [0.3, 0.4) is 0 Å². The summed E-state index contributed by atoms with van der Waals surface area (Å²) in [5.41, 5.74) is 1.22. The van der Waals surface area contributed by atoms with E-state index in [1.807, 2.05) is 4.90 Å². The van der Waals surface area contributed by atoms with Crippen molar-refractivity contribution in [2.45, 2.75) is 58.8 Å². The molecule has 3 rings (SSSR count). The second-order valence-corrected chi connectivity index (χ2v) is 8.96. The lowest BCUT2D eigenvalue weighted by Crippen LogP contribution is -2.35. The van der Waals surface area contributed by atoms with Crippen molar-refractivity contribution in [3.8, 4) is 0 Å². The van der Waals surface area contributed by atoms with Crippen LogP contribution >= 0.6 is 11.3 Å². The Labute approximate surface area is 155 Å². The number of nitrogens with one attached hydrogen (secondary N) is 1. The zero-order valence-electron chi connectivity index (χ0n) is 15.5. The molecule has 0 radical (unpaired) electrons. The number of thiophene rings is 1. The summed E-state index contributed by atoms with van der Waals surface area (Å²) in [6.45, 7) is 6.89. The lowest BCUT2D eigenvalue weighted by molar-refractivity contribution is -0.125. The molecule has 2 aliphatic rings. The lowest BCUT2D eigenvalue weighted by atomic mass is 9.87. The minimum absolute atomic E-state index is 0.0622. The number of hydrogen-bond acceptors (Lipinski definition) is 3. The molecule has 1 fully saturated rings. The molecule has 0 aromatic carbocycles. The second-order valence-electron chi connectivity index (χ2n) is 7.83. The van der Waals surface area contributed by atoms with E-state index in [1.165, 1.54) is 16.9 Å². The number of aryl methyl sites for hydroxylation is 1. The molecule has 4 nitrogen and oxygen atoms in total. The highest BCUT2D eigenvalue weighted by molar-refractivity contribution is 7.14. The molecule has 0 spiro atoms. The van der Waals surface area contributed by atoms with Gasteiger partial charge in [-0.2, -0.15) is 0 Å². The molecule has 0 bridgehead atoms. The number of amides is 2. The number of carbonyl (C=O) groups is 2. The molecule has 1 aliphatic carbocycles. The number of likely N-dealkylation sites (tertiary alicyclic amines) is 1. The van der Waals surface area contributed by atoms with Crippen LogP contribution in [-0.4, -0.2) is 36.3 Å². The highest BCUT2D eigenvalue weighted by Crippen LogP contribution is 2.33. The van der Waals surface area contributed by atoms with Crippen molar-refractivity contribution in [1.82, 2.24) is 10.2 Å². The average molecular weight is 363 g/mol. The number of fused-ring (bicyclic) bond motifs is 1. The van der Waals surface area contributed by atoms with Crippen molar-refractivity contribution in [3.63, 3.8) is 0 Å². The average Bonchev–Trinajstić information content (AvgIpc) is 3.04. The van der Waals surface area contributed by atoms with Gasteiger partial charge in [0.25, 0.3) is 5.91 Å². The molecule has 5 heteroatoms. The number of carbonyl (C=O) groups excluding carboxylic acids is 2. The molecule has 1 N–H and O–H groups in total. The maximum absolute atomic E-state index is 12.7. The molecule has 0 saturated carbocycles. The first-order valence-corrected chi connectivity index (χ1v) is 10.5. The molecule has 1 aromatic rings. The van der Waals surface area contributed by atoms with Gasteiger partial charge < -0.3 is 10.2 Å².